The second-order valence-corrected chi connectivity index (χ2v) is 6.13. The van der Waals surface area contributed by atoms with Crippen molar-refractivity contribution < 1.29 is 14.3 Å². The van der Waals surface area contributed by atoms with E-state index in [0.29, 0.717) is 24.4 Å². The number of aliphatic hydroxyl groups excluding tert-OH is 1. The standard InChI is InChI=1S/C17H24FNO2/c1-12(9-14-6-2-3-8-16(14)18)17(21)19-11-13-5-4-7-15(20)10-13/h2-3,6,8,12-13,15,20H,4-5,7,9-11H2,1H3,(H,19,21). The fourth-order valence-corrected chi connectivity index (χ4v) is 2.95. The van der Waals surface area contributed by atoms with E-state index in [4.69, 9.17) is 0 Å². The summed E-state index contributed by atoms with van der Waals surface area (Å²) >= 11 is 0. The number of aliphatic hydroxyl groups is 1. The molecular weight excluding hydrogens is 269 g/mol. The first-order valence-corrected chi connectivity index (χ1v) is 7.75. The Morgan fingerprint density at radius 1 is 1.43 bits per heavy atom. The molecule has 3 atom stereocenters. The fraction of sp³-hybridized carbons (Fsp3) is 0.588. The van der Waals surface area contributed by atoms with Crippen LogP contribution in [0.5, 0.6) is 0 Å². The maximum atomic E-state index is 13.6. The van der Waals surface area contributed by atoms with Crippen molar-refractivity contribution >= 4 is 5.91 Å². The van der Waals surface area contributed by atoms with Gasteiger partial charge in [-0.1, -0.05) is 31.5 Å². The molecule has 3 unspecified atom stereocenters. The van der Waals surface area contributed by atoms with Gasteiger partial charge in [-0.25, -0.2) is 4.39 Å². The third-order valence-corrected chi connectivity index (χ3v) is 4.25. The molecule has 0 radical (unpaired) electrons. The van der Waals surface area contributed by atoms with E-state index in [1.807, 2.05) is 6.92 Å². The van der Waals surface area contributed by atoms with Crippen molar-refractivity contribution in [3.8, 4) is 0 Å². The van der Waals surface area contributed by atoms with Gasteiger partial charge in [0.2, 0.25) is 5.91 Å². The topological polar surface area (TPSA) is 49.3 Å². The number of halogens is 1. The third kappa shape index (κ3) is 4.81. The molecule has 2 rings (SSSR count). The van der Waals surface area contributed by atoms with Crippen molar-refractivity contribution in [3.05, 3.63) is 35.6 Å². The molecule has 0 bridgehead atoms. The molecule has 0 spiro atoms. The number of rotatable bonds is 5. The van der Waals surface area contributed by atoms with E-state index in [-0.39, 0.29) is 23.7 Å². The van der Waals surface area contributed by atoms with Gasteiger partial charge < -0.3 is 10.4 Å². The van der Waals surface area contributed by atoms with Crippen molar-refractivity contribution in [1.82, 2.24) is 5.32 Å². The van der Waals surface area contributed by atoms with E-state index >= 15 is 0 Å². The van der Waals surface area contributed by atoms with Crippen LogP contribution >= 0.6 is 0 Å². The molecule has 0 aliphatic heterocycles. The van der Waals surface area contributed by atoms with Gasteiger partial charge >= 0.3 is 0 Å². The smallest absolute Gasteiger partial charge is 0.223 e. The van der Waals surface area contributed by atoms with Crippen molar-refractivity contribution in [2.75, 3.05) is 6.54 Å². The number of benzene rings is 1. The lowest BCUT2D eigenvalue weighted by Gasteiger charge is -2.26. The summed E-state index contributed by atoms with van der Waals surface area (Å²) in [7, 11) is 0. The Morgan fingerprint density at radius 2 is 2.19 bits per heavy atom. The maximum Gasteiger partial charge on any atom is 0.223 e. The van der Waals surface area contributed by atoms with Crippen molar-refractivity contribution in [1.29, 1.82) is 0 Å². The Balaban J connectivity index is 1.78. The zero-order valence-electron chi connectivity index (χ0n) is 12.5. The Labute approximate surface area is 125 Å². The minimum absolute atomic E-state index is 0.0432. The van der Waals surface area contributed by atoms with E-state index in [1.54, 1.807) is 18.2 Å². The monoisotopic (exact) mass is 293 g/mol. The normalized spacial score (nSPS) is 23.6. The van der Waals surface area contributed by atoms with Crippen molar-refractivity contribution in [2.24, 2.45) is 11.8 Å². The Kier molecular flexibility index (Phi) is 5.74. The lowest BCUT2D eigenvalue weighted by molar-refractivity contribution is -0.124. The average Bonchev–Trinajstić information content (AvgIpc) is 2.47. The Morgan fingerprint density at radius 3 is 2.90 bits per heavy atom. The van der Waals surface area contributed by atoms with Gasteiger partial charge in [-0.3, -0.25) is 4.79 Å². The van der Waals surface area contributed by atoms with E-state index in [0.717, 1.165) is 25.7 Å². The number of carbonyl (C=O) groups excluding carboxylic acids is 1. The SMILES string of the molecule is CC(Cc1ccccc1F)C(=O)NCC1CCCC(O)C1. The second kappa shape index (κ2) is 7.55. The molecule has 1 aliphatic carbocycles. The molecule has 1 fully saturated rings. The first-order valence-electron chi connectivity index (χ1n) is 7.75. The van der Waals surface area contributed by atoms with E-state index in [1.165, 1.54) is 6.07 Å². The number of hydrogen-bond acceptors (Lipinski definition) is 2. The van der Waals surface area contributed by atoms with Crippen LogP contribution in [-0.4, -0.2) is 23.7 Å². The molecule has 1 amide bonds. The van der Waals surface area contributed by atoms with Crippen LogP contribution in [0.1, 0.15) is 38.2 Å². The number of carbonyl (C=O) groups is 1. The van der Waals surface area contributed by atoms with Crippen LogP contribution in [0.4, 0.5) is 4.39 Å². The van der Waals surface area contributed by atoms with Crippen LogP contribution < -0.4 is 5.32 Å². The van der Waals surface area contributed by atoms with Crippen molar-refractivity contribution in [2.45, 2.75) is 45.1 Å². The van der Waals surface area contributed by atoms with Gasteiger partial charge in [0.15, 0.2) is 0 Å². The number of amides is 1. The summed E-state index contributed by atoms with van der Waals surface area (Å²) in [5.74, 6) is -0.195. The molecule has 4 heteroatoms. The van der Waals surface area contributed by atoms with Crippen LogP contribution in [0.25, 0.3) is 0 Å². The zero-order valence-corrected chi connectivity index (χ0v) is 12.5. The highest BCUT2D eigenvalue weighted by Gasteiger charge is 2.22. The van der Waals surface area contributed by atoms with Crippen LogP contribution in [0.15, 0.2) is 24.3 Å². The highest BCUT2D eigenvalue weighted by atomic mass is 19.1. The molecule has 0 aromatic heterocycles. The van der Waals surface area contributed by atoms with E-state index in [2.05, 4.69) is 5.32 Å². The summed E-state index contributed by atoms with van der Waals surface area (Å²) in [4.78, 5) is 12.1. The molecule has 116 valence electrons. The number of hydrogen-bond donors (Lipinski definition) is 2. The Hall–Kier alpha value is -1.42. The van der Waals surface area contributed by atoms with E-state index < -0.39 is 0 Å². The summed E-state index contributed by atoms with van der Waals surface area (Å²) in [6, 6.07) is 6.57. The quantitative estimate of drug-likeness (QED) is 0.877. The van der Waals surface area contributed by atoms with Gasteiger partial charge in [0.25, 0.3) is 0 Å². The van der Waals surface area contributed by atoms with Gasteiger partial charge in [-0.15, -0.1) is 0 Å². The molecule has 0 heterocycles. The minimum atomic E-state index is -0.257. The highest BCUT2D eigenvalue weighted by molar-refractivity contribution is 5.78. The largest absolute Gasteiger partial charge is 0.393 e. The second-order valence-electron chi connectivity index (χ2n) is 6.13. The molecule has 1 aromatic carbocycles. The predicted octanol–water partition coefficient (Wildman–Crippen LogP) is 2.67. The zero-order chi connectivity index (χ0) is 15.2. The van der Waals surface area contributed by atoms with Crippen LogP contribution in [-0.2, 0) is 11.2 Å². The van der Waals surface area contributed by atoms with E-state index in [9.17, 15) is 14.3 Å². The van der Waals surface area contributed by atoms with Gasteiger partial charge in [-0.05, 0) is 43.2 Å². The highest BCUT2D eigenvalue weighted by Crippen LogP contribution is 2.23. The first kappa shape index (κ1) is 16.0. The third-order valence-electron chi connectivity index (χ3n) is 4.25. The van der Waals surface area contributed by atoms with Crippen LogP contribution in [0.3, 0.4) is 0 Å². The molecule has 0 saturated heterocycles. The van der Waals surface area contributed by atoms with Crippen LogP contribution in [0.2, 0.25) is 0 Å². The molecule has 2 N–H and O–H groups in total. The fourth-order valence-electron chi connectivity index (χ4n) is 2.95. The summed E-state index contributed by atoms with van der Waals surface area (Å²) in [5, 5.41) is 12.6. The van der Waals surface area contributed by atoms with Gasteiger partial charge in [0, 0.05) is 12.5 Å². The first-order chi connectivity index (χ1) is 10.1. The van der Waals surface area contributed by atoms with Gasteiger partial charge in [0.1, 0.15) is 5.82 Å². The average molecular weight is 293 g/mol. The predicted molar refractivity (Wildman–Crippen MR) is 80.2 cm³/mol. The number of nitrogens with one attached hydrogen (secondary N) is 1. The van der Waals surface area contributed by atoms with Gasteiger partial charge in [0.05, 0.1) is 6.10 Å². The Bertz CT molecular complexity index is 478. The molecular formula is C17H24FNO2. The lowest BCUT2D eigenvalue weighted by Crippen LogP contribution is -2.36. The van der Waals surface area contributed by atoms with Crippen molar-refractivity contribution in [3.63, 3.8) is 0 Å². The molecule has 21 heavy (non-hydrogen) atoms. The molecule has 3 nitrogen and oxygen atoms in total. The maximum absolute atomic E-state index is 13.6. The summed E-state index contributed by atoms with van der Waals surface area (Å²) in [6.45, 7) is 2.43. The molecule has 1 aliphatic rings. The molecule has 1 aromatic rings. The van der Waals surface area contributed by atoms with Crippen LogP contribution in [0, 0.1) is 17.7 Å². The summed E-state index contributed by atoms with van der Waals surface area (Å²) < 4.78 is 13.6. The summed E-state index contributed by atoms with van der Waals surface area (Å²) in [5.41, 5.74) is 0.577. The van der Waals surface area contributed by atoms with Gasteiger partial charge in [-0.2, -0.15) is 0 Å². The summed E-state index contributed by atoms with van der Waals surface area (Å²) in [6.07, 6.45) is 3.89. The minimum Gasteiger partial charge on any atom is -0.393 e. The lowest BCUT2D eigenvalue weighted by atomic mass is 9.87. The molecule has 1 saturated carbocycles.